The van der Waals surface area contributed by atoms with Crippen molar-refractivity contribution in [1.82, 2.24) is 0 Å². The summed E-state index contributed by atoms with van der Waals surface area (Å²) < 4.78 is 17.4. The molecule has 23 heavy (non-hydrogen) atoms. The molecule has 0 bridgehead atoms. The minimum atomic E-state index is 0.00861. The summed E-state index contributed by atoms with van der Waals surface area (Å²) in [7, 11) is 0. The Morgan fingerprint density at radius 3 is 2.83 bits per heavy atom. The van der Waals surface area contributed by atoms with E-state index in [2.05, 4.69) is 24.3 Å². The van der Waals surface area contributed by atoms with E-state index in [1.165, 1.54) is 22.8 Å². The molecule has 3 nitrogen and oxygen atoms in total. The number of furan rings is 1. The minimum absolute atomic E-state index is 0.00861. The molecule has 2 aromatic carbocycles. The van der Waals surface area contributed by atoms with Gasteiger partial charge in [0.05, 0.1) is 6.61 Å². The molecule has 120 valence electrons. The van der Waals surface area contributed by atoms with Crippen molar-refractivity contribution in [3.8, 4) is 0 Å². The van der Waals surface area contributed by atoms with E-state index in [9.17, 15) is 0 Å². The Morgan fingerprint density at radius 1 is 1.00 bits per heavy atom. The summed E-state index contributed by atoms with van der Waals surface area (Å²) in [5, 5.41) is 2.45. The molecule has 1 saturated heterocycles. The second-order valence-electron chi connectivity index (χ2n) is 6.16. The lowest BCUT2D eigenvalue weighted by molar-refractivity contribution is -0.162. The van der Waals surface area contributed by atoms with E-state index >= 15 is 0 Å². The molecule has 1 fully saturated rings. The van der Waals surface area contributed by atoms with Crippen molar-refractivity contribution in [2.75, 3.05) is 13.2 Å². The highest BCUT2D eigenvalue weighted by Gasteiger charge is 2.14. The Labute approximate surface area is 136 Å². The van der Waals surface area contributed by atoms with Crippen LogP contribution < -0.4 is 0 Å². The molecule has 0 amide bonds. The highest BCUT2D eigenvalue weighted by Crippen LogP contribution is 2.31. The minimum Gasteiger partial charge on any atom is -0.456 e. The molecule has 1 aromatic heterocycles. The molecule has 3 aromatic rings. The van der Waals surface area contributed by atoms with Crippen LogP contribution in [0.5, 0.6) is 0 Å². The van der Waals surface area contributed by atoms with Crippen molar-refractivity contribution >= 4 is 21.9 Å². The third-order valence-electron chi connectivity index (χ3n) is 4.52. The van der Waals surface area contributed by atoms with Gasteiger partial charge in [-0.05, 0) is 49.8 Å². The van der Waals surface area contributed by atoms with Crippen LogP contribution in [0, 0.1) is 0 Å². The number of aryl methyl sites for hydroxylation is 1. The van der Waals surface area contributed by atoms with Gasteiger partial charge in [0.2, 0.25) is 0 Å². The first-order valence-electron chi connectivity index (χ1n) is 8.54. The number of benzene rings is 2. The van der Waals surface area contributed by atoms with Gasteiger partial charge in [-0.2, -0.15) is 0 Å². The van der Waals surface area contributed by atoms with Crippen LogP contribution in [0.2, 0.25) is 0 Å². The number of hydrogen-bond acceptors (Lipinski definition) is 3. The molecule has 1 aliphatic rings. The Balaban J connectivity index is 1.46. The van der Waals surface area contributed by atoms with E-state index in [0.29, 0.717) is 0 Å². The van der Waals surface area contributed by atoms with Crippen LogP contribution in [0.4, 0.5) is 0 Å². The summed E-state index contributed by atoms with van der Waals surface area (Å²) in [6, 6.07) is 14.6. The van der Waals surface area contributed by atoms with E-state index in [4.69, 9.17) is 13.9 Å². The van der Waals surface area contributed by atoms with Gasteiger partial charge in [0.15, 0.2) is 6.29 Å². The molecule has 1 atom stereocenters. The average Bonchev–Trinajstić information content (AvgIpc) is 2.99. The van der Waals surface area contributed by atoms with Crippen molar-refractivity contribution in [3.63, 3.8) is 0 Å². The van der Waals surface area contributed by atoms with E-state index in [-0.39, 0.29) is 6.29 Å². The molecular weight excluding hydrogens is 288 g/mol. The number of para-hydroxylation sites is 1. The molecule has 0 N–H and O–H groups in total. The number of fused-ring (bicyclic) bond motifs is 3. The normalized spacial score (nSPS) is 18.7. The zero-order chi connectivity index (χ0) is 15.5. The second-order valence-corrected chi connectivity index (χ2v) is 6.16. The fourth-order valence-electron chi connectivity index (χ4n) is 3.38. The highest BCUT2D eigenvalue weighted by atomic mass is 16.7. The molecule has 1 aliphatic heterocycles. The zero-order valence-electron chi connectivity index (χ0n) is 13.3. The molecule has 0 aliphatic carbocycles. The smallest absolute Gasteiger partial charge is 0.157 e. The Bertz CT molecular complexity index is 784. The first kappa shape index (κ1) is 14.7. The van der Waals surface area contributed by atoms with Crippen LogP contribution in [0.3, 0.4) is 0 Å². The SMILES string of the molecule is c1ccc2c(c1)oc1cccc(CCCOC3CCCCO3)c12. The van der Waals surface area contributed by atoms with Gasteiger partial charge in [0, 0.05) is 17.4 Å². The van der Waals surface area contributed by atoms with Crippen LogP contribution in [-0.4, -0.2) is 19.5 Å². The summed E-state index contributed by atoms with van der Waals surface area (Å²) in [5.74, 6) is 0. The number of hydrogen-bond donors (Lipinski definition) is 0. The number of rotatable bonds is 5. The lowest BCUT2D eigenvalue weighted by atomic mass is 10.0. The van der Waals surface area contributed by atoms with E-state index in [0.717, 1.165) is 50.1 Å². The maximum absolute atomic E-state index is 5.94. The Kier molecular flexibility index (Phi) is 4.31. The van der Waals surface area contributed by atoms with Gasteiger partial charge < -0.3 is 13.9 Å². The van der Waals surface area contributed by atoms with Gasteiger partial charge in [-0.25, -0.2) is 0 Å². The predicted molar refractivity (Wildman–Crippen MR) is 91.6 cm³/mol. The summed E-state index contributed by atoms with van der Waals surface area (Å²) in [6.45, 7) is 1.59. The van der Waals surface area contributed by atoms with Gasteiger partial charge in [0.1, 0.15) is 11.2 Å². The topological polar surface area (TPSA) is 31.6 Å². The highest BCUT2D eigenvalue weighted by molar-refractivity contribution is 6.06. The molecule has 0 radical (unpaired) electrons. The standard InChI is InChI=1S/C20H22O3/c1-2-10-17-16(9-1)20-15(7-5-11-18(20)23-17)8-6-14-22-19-12-3-4-13-21-19/h1-2,5,7,9-11,19H,3-4,6,8,12-14H2. The zero-order valence-corrected chi connectivity index (χ0v) is 13.3. The third-order valence-corrected chi connectivity index (χ3v) is 4.52. The Morgan fingerprint density at radius 2 is 1.91 bits per heavy atom. The molecule has 1 unspecified atom stereocenters. The van der Waals surface area contributed by atoms with Crippen molar-refractivity contribution in [2.24, 2.45) is 0 Å². The van der Waals surface area contributed by atoms with Crippen molar-refractivity contribution in [1.29, 1.82) is 0 Å². The molecule has 0 saturated carbocycles. The third kappa shape index (κ3) is 3.12. The average molecular weight is 310 g/mol. The summed E-state index contributed by atoms with van der Waals surface area (Å²) >= 11 is 0. The lowest BCUT2D eigenvalue weighted by Gasteiger charge is -2.22. The van der Waals surface area contributed by atoms with E-state index in [1.54, 1.807) is 0 Å². The van der Waals surface area contributed by atoms with Crippen molar-refractivity contribution in [2.45, 2.75) is 38.4 Å². The van der Waals surface area contributed by atoms with E-state index in [1.807, 2.05) is 18.2 Å². The summed E-state index contributed by atoms with van der Waals surface area (Å²) in [6.07, 6.45) is 5.41. The summed E-state index contributed by atoms with van der Waals surface area (Å²) in [5.41, 5.74) is 3.27. The molecular formula is C20H22O3. The van der Waals surface area contributed by atoms with Crippen LogP contribution in [0.1, 0.15) is 31.2 Å². The quantitative estimate of drug-likeness (QED) is 0.617. The van der Waals surface area contributed by atoms with Crippen LogP contribution in [0.25, 0.3) is 21.9 Å². The Hall–Kier alpha value is -1.84. The van der Waals surface area contributed by atoms with Crippen molar-refractivity contribution < 1.29 is 13.9 Å². The van der Waals surface area contributed by atoms with Crippen LogP contribution in [-0.2, 0) is 15.9 Å². The van der Waals surface area contributed by atoms with Crippen LogP contribution in [0.15, 0.2) is 46.9 Å². The monoisotopic (exact) mass is 310 g/mol. The van der Waals surface area contributed by atoms with Gasteiger partial charge in [-0.1, -0.05) is 30.3 Å². The van der Waals surface area contributed by atoms with Gasteiger partial charge in [0.25, 0.3) is 0 Å². The largest absolute Gasteiger partial charge is 0.456 e. The number of ether oxygens (including phenoxy) is 2. The lowest BCUT2D eigenvalue weighted by Crippen LogP contribution is -2.22. The van der Waals surface area contributed by atoms with Gasteiger partial charge in [-0.15, -0.1) is 0 Å². The maximum Gasteiger partial charge on any atom is 0.157 e. The predicted octanol–water partition coefficient (Wildman–Crippen LogP) is 5.06. The second kappa shape index (κ2) is 6.73. The molecule has 4 rings (SSSR count). The van der Waals surface area contributed by atoms with E-state index < -0.39 is 0 Å². The van der Waals surface area contributed by atoms with Crippen LogP contribution >= 0.6 is 0 Å². The fourth-order valence-corrected chi connectivity index (χ4v) is 3.38. The maximum atomic E-state index is 5.94. The van der Waals surface area contributed by atoms with Gasteiger partial charge >= 0.3 is 0 Å². The summed E-state index contributed by atoms with van der Waals surface area (Å²) in [4.78, 5) is 0. The van der Waals surface area contributed by atoms with Gasteiger partial charge in [-0.3, -0.25) is 0 Å². The first-order valence-corrected chi connectivity index (χ1v) is 8.54. The molecule has 0 spiro atoms. The molecule has 2 heterocycles. The molecule has 3 heteroatoms. The van der Waals surface area contributed by atoms with Crippen molar-refractivity contribution in [3.05, 3.63) is 48.0 Å². The fraction of sp³-hybridized carbons (Fsp3) is 0.400. The first-order chi connectivity index (χ1) is 11.4.